The van der Waals surface area contributed by atoms with Crippen molar-refractivity contribution in [1.82, 2.24) is 19.5 Å². The number of aromatic nitrogens is 4. The topological polar surface area (TPSA) is 91.2 Å². The van der Waals surface area contributed by atoms with Crippen LogP contribution in [0.1, 0.15) is 16.7 Å². The van der Waals surface area contributed by atoms with Crippen LogP contribution in [0.15, 0.2) is 188 Å². The zero-order chi connectivity index (χ0) is 40.6. The SMILES string of the molecule is Cc1ccccc1-c1ccc2c(c1)c1ccccc1n2-c1c(-c2cccc(C#N)c2)cc(-c2nc(-c3ccccc3)nc(-c3ccccc3)n2)cc1-c1cccc(C#N)c1. The summed E-state index contributed by atoms with van der Waals surface area (Å²) in [5.41, 5.74) is 13.5. The third-order valence-electron chi connectivity index (χ3n) is 11.0. The van der Waals surface area contributed by atoms with Crippen molar-refractivity contribution >= 4 is 21.8 Å². The zero-order valence-corrected chi connectivity index (χ0v) is 32.6. The highest BCUT2D eigenvalue weighted by Crippen LogP contribution is 2.45. The van der Waals surface area contributed by atoms with E-state index in [2.05, 4.69) is 102 Å². The molecule has 0 aliphatic rings. The summed E-state index contributed by atoms with van der Waals surface area (Å²) in [7, 11) is 0. The molecule has 60 heavy (non-hydrogen) atoms. The van der Waals surface area contributed by atoms with Gasteiger partial charge in [0.05, 0.1) is 40.0 Å². The first-order chi connectivity index (χ1) is 29.6. The predicted molar refractivity (Wildman–Crippen MR) is 241 cm³/mol. The van der Waals surface area contributed by atoms with Gasteiger partial charge in [-0.15, -0.1) is 0 Å². The Morgan fingerprint density at radius 1 is 0.383 bits per heavy atom. The molecule has 0 N–H and O–H groups in total. The van der Waals surface area contributed by atoms with Crippen molar-refractivity contribution in [3.8, 4) is 85.4 Å². The lowest BCUT2D eigenvalue weighted by atomic mass is 9.91. The fraction of sp³-hybridized carbons (Fsp3) is 0.0185. The van der Waals surface area contributed by atoms with Crippen molar-refractivity contribution in [3.63, 3.8) is 0 Å². The van der Waals surface area contributed by atoms with Gasteiger partial charge in [0.1, 0.15) is 0 Å². The second kappa shape index (κ2) is 15.1. The summed E-state index contributed by atoms with van der Waals surface area (Å²) in [4.78, 5) is 15.2. The molecule has 2 aromatic heterocycles. The van der Waals surface area contributed by atoms with Gasteiger partial charge in [-0.05, 0) is 89.3 Å². The monoisotopic (exact) mass is 766 g/mol. The summed E-state index contributed by atoms with van der Waals surface area (Å²) >= 11 is 0. The van der Waals surface area contributed by atoms with E-state index in [1.165, 1.54) is 11.1 Å². The molecule has 0 aliphatic heterocycles. The van der Waals surface area contributed by atoms with Gasteiger partial charge >= 0.3 is 0 Å². The largest absolute Gasteiger partial charge is 0.308 e. The van der Waals surface area contributed by atoms with Gasteiger partial charge in [-0.2, -0.15) is 10.5 Å². The lowest BCUT2D eigenvalue weighted by molar-refractivity contribution is 1.07. The number of aryl methyl sites for hydroxylation is 1. The summed E-state index contributed by atoms with van der Waals surface area (Å²) in [5.74, 6) is 1.60. The molecule has 0 bridgehead atoms. The van der Waals surface area contributed by atoms with E-state index in [1.54, 1.807) is 0 Å². The minimum atomic E-state index is 0.495. The lowest BCUT2D eigenvalue weighted by Gasteiger charge is -2.21. The average Bonchev–Trinajstić information content (AvgIpc) is 3.65. The van der Waals surface area contributed by atoms with Gasteiger partial charge in [-0.3, -0.25) is 0 Å². The molecule has 6 heteroatoms. The normalized spacial score (nSPS) is 11.1. The average molecular weight is 767 g/mol. The van der Waals surface area contributed by atoms with Crippen LogP contribution >= 0.6 is 0 Å². The summed E-state index contributed by atoms with van der Waals surface area (Å²) in [6.45, 7) is 2.14. The van der Waals surface area contributed by atoms with Crippen molar-refractivity contribution in [2.24, 2.45) is 0 Å². The molecule has 8 aromatic carbocycles. The smallest absolute Gasteiger partial charge is 0.164 e. The maximum absolute atomic E-state index is 10.2. The van der Waals surface area contributed by atoms with E-state index in [-0.39, 0.29) is 0 Å². The molecule has 0 aliphatic carbocycles. The van der Waals surface area contributed by atoms with Crippen LogP contribution in [0.2, 0.25) is 0 Å². The molecule has 0 fully saturated rings. The van der Waals surface area contributed by atoms with Gasteiger partial charge in [0.2, 0.25) is 0 Å². The first-order valence-electron chi connectivity index (χ1n) is 19.7. The van der Waals surface area contributed by atoms with E-state index in [9.17, 15) is 10.5 Å². The van der Waals surface area contributed by atoms with E-state index >= 15 is 0 Å². The van der Waals surface area contributed by atoms with Crippen molar-refractivity contribution < 1.29 is 0 Å². The molecule has 0 unspecified atom stereocenters. The molecule has 10 aromatic rings. The second-order valence-corrected chi connectivity index (χ2v) is 14.7. The van der Waals surface area contributed by atoms with Crippen LogP contribution in [0.4, 0.5) is 0 Å². The number of benzene rings is 8. The number of hydrogen-bond donors (Lipinski definition) is 0. The molecular weight excluding hydrogens is 733 g/mol. The van der Waals surface area contributed by atoms with Crippen molar-refractivity contribution in [3.05, 3.63) is 205 Å². The molecule has 0 spiro atoms. The Kier molecular flexibility index (Phi) is 9.06. The predicted octanol–water partition coefficient (Wildman–Crippen LogP) is 13.0. The van der Waals surface area contributed by atoms with Crippen LogP contribution in [-0.2, 0) is 0 Å². The van der Waals surface area contributed by atoms with E-state index < -0.39 is 0 Å². The van der Waals surface area contributed by atoms with Gasteiger partial charge in [0.25, 0.3) is 0 Å². The van der Waals surface area contributed by atoms with Crippen LogP contribution in [0, 0.1) is 29.6 Å². The van der Waals surface area contributed by atoms with Crippen LogP contribution in [0.25, 0.3) is 95.0 Å². The van der Waals surface area contributed by atoms with Crippen LogP contribution in [-0.4, -0.2) is 19.5 Å². The molecular formula is C54H34N6. The molecule has 0 radical (unpaired) electrons. The van der Waals surface area contributed by atoms with Gasteiger partial charge in [-0.1, -0.05) is 133 Å². The first kappa shape index (κ1) is 35.9. The summed E-state index contributed by atoms with van der Waals surface area (Å²) < 4.78 is 2.33. The highest BCUT2D eigenvalue weighted by atomic mass is 15.0. The summed E-state index contributed by atoms with van der Waals surface area (Å²) in [6.07, 6.45) is 0. The van der Waals surface area contributed by atoms with Crippen LogP contribution in [0.5, 0.6) is 0 Å². The molecule has 0 saturated carbocycles. The van der Waals surface area contributed by atoms with E-state index in [4.69, 9.17) is 15.0 Å². The standard InChI is InChI=1S/C54H34N6/c1-35-14-8-9-23-44(35)42-26-27-50-48(30-42)45-24-10-11-25-49(45)60(50)51-46(40-21-12-15-36(28-40)33-55)31-43(32-47(51)41-22-13-16-37(29-41)34-56)54-58-52(38-17-4-2-5-18-38)57-53(59-54)39-19-6-3-7-20-39/h2-32H,1H3. The first-order valence-corrected chi connectivity index (χ1v) is 19.7. The Hall–Kier alpha value is -8.45. The van der Waals surface area contributed by atoms with Crippen molar-refractivity contribution in [2.45, 2.75) is 6.92 Å². The van der Waals surface area contributed by atoms with Gasteiger partial charge in [-0.25, -0.2) is 15.0 Å². The number of nitriles is 2. The highest BCUT2D eigenvalue weighted by molar-refractivity contribution is 6.12. The third kappa shape index (κ3) is 6.45. The Morgan fingerprint density at radius 2 is 0.867 bits per heavy atom. The Morgan fingerprint density at radius 3 is 1.45 bits per heavy atom. The molecule has 280 valence electrons. The Labute approximate surface area is 347 Å². The van der Waals surface area contributed by atoms with Crippen LogP contribution < -0.4 is 0 Å². The number of fused-ring (bicyclic) bond motifs is 3. The van der Waals surface area contributed by atoms with Gasteiger partial charge in [0.15, 0.2) is 17.5 Å². The number of hydrogen-bond acceptors (Lipinski definition) is 5. The molecule has 0 amide bonds. The third-order valence-corrected chi connectivity index (χ3v) is 11.0. The van der Waals surface area contributed by atoms with E-state index in [1.807, 2.05) is 109 Å². The number of para-hydroxylation sites is 1. The number of nitrogens with zero attached hydrogens (tertiary/aromatic N) is 6. The van der Waals surface area contributed by atoms with Gasteiger partial charge < -0.3 is 4.57 Å². The minimum absolute atomic E-state index is 0.495. The van der Waals surface area contributed by atoms with Crippen molar-refractivity contribution in [2.75, 3.05) is 0 Å². The molecule has 2 heterocycles. The number of rotatable bonds is 7. The maximum Gasteiger partial charge on any atom is 0.164 e. The highest BCUT2D eigenvalue weighted by Gasteiger charge is 2.24. The zero-order valence-electron chi connectivity index (χ0n) is 32.6. The molecule has 6 nitrogen and oxygen atoms in total. The van der Waals surface area contributed by atoms with E-state index in [0.717, 1.165) is 72.0 Å². The quantitative estimate of drug-likeness (QED) is 0.161. The summed E-state index contributed by atoms with van der Waals surface area (Å²) in [5, 5.41) is 22.6. The fourth-order valence-electron chi connectivity index (χ4n) is 8.17. The van der Waals surface area contributed by atoms with E-state index in [0.29, 0.717) is 28.6 Å². The second-order valence-electron chi connectivity index (χ2n) is 14.7. The fourth-order valence-corrected chi connectivity index (χ4v) is 8.17. The van der Waals surface area contributed by atoms with Gasteiger partial charge in [0, 0.05) is 38.6 Å². The molecule has 0 atom stereocenters. The minimum Gasteiger partial charge on any atom is -0.308 e. The lowest BCUT2D eigenvalue weighted by Crippen LogP contribution is -2.04. The maximum atomic E-state index is 10.2. The van der Waals surface area contributed by atoms with Crippen molar-refractivity contribution in [1.29, 1.82) is 10.5 Å². The molecule has 0 saturated heterocycles. The Balaban J connectivity index is 1.33. The Bertz CT molecular complexity index is 3220. The molecule has 10 rings (SSSR count). The summed E-state index contributed by atoms with van der Waals surface area (Å²) in [6, 6.07) is 67.9. The van der Waals surface area contributed by atoms with Crippen LogP contribution in [0.3, 0.4) is 0 Å².